The molecule has 2 aromatic carbocycles. The van der Waals surface area contributed by atoms with Crippen molar-refractivity contribution in [3.8, 4) is 0 Å². The fourth-order valence-electron chi connectivity index (χ4n) is 2.35. The minimum absolute atomic E-state index is 0.0860. The van der Waals surface area contributed by atoms with E-state index in [0.717, 1.165) is 11.1 Å². The van der Waals surface area contributed by atoms with Crippen LogP contribution in [0.3, 0.4) is 0 Å². The van der Waals surface area contributed by atoms with E-state index in [2.05, 4.69) is 4.90 Å². The van der Waals surface area contributed by atoms with Crippen molar-refractivity contribution in [2.75, 3.05) is 13.6 Å². The molecule has 21 heavy (non-hydrogen) atoms. The van der Waals surface area contributed by atoms with E-state index < -0.39 is 0 Å². The van der Waals surface area contributed by atoms with Crippen molar-refractivity contribution >= 4 is 23.2 Å². The number of hydrogen-bond donors (Lipinski definition) is 1. The minimum atomic E-state index is -0.350. The highest BCUT2D eigenvalue weighted by Gasteiger charge is 2.18. The van der Waals surface area contributed by atoms with Crippen LogP contribution in [0.2, 0.25) is 10.0 Å². The molecule has 0 bridgehead atoms. The summed E-state index contributed by atoms with van der Waals surface area (Å²) in [6, 6.07) is 12.0. The normalized spacial score (nSPS) is 12.7. The lowest BCUT2D eigenvalue weighted by atomic mass is 10.0. The predicted octanol–water partition coefficient (Wildman–Crippen LogP) is 4.26. The van der Waals surface area contributed by atoms with Gasteiger partial charge in [0.25, 0.3) is 0 Å². The van der Waals surface area contributed by atoms with Crippen molar-refractivity contribution in [2.24, 2.45) is 5.73 Å². The number of likely N-dealkylation sites (N-methyl/N-ethyl adjacent to an activating group) is 1. The van der Waals surface area contributed by atoms with Gasteiger partial charge < -0.3 is 5.73 Å². The summed E-state index contributed by atoms with van der Waals surface area (Å²) in [7, 11) is 1.96. The molecule has 1 atom stereocenters. The van der Waals surface area contributed by atoms with Gasteiger partial charge in [-0.3, -0.25) is 4.90 Å². The Hall–Kier alpha value is -1.13. The predicted molar refractivity (Wildman–Crippen MR) is 86.1 cm³/mol. The fourth-order valence-corrected chi connectivity index (χ4v) is 2.86. The van der Waals surface area contributed by atoms with Gasteiger partial charge in [0.15, 0.2) is 0 Å². The van der Waals surface area contributed by atoms with Crippen molar-refractivity contribution in [3.05, 3.63) is 69.5 Å². The van der Waals surface area contributed by atoms with Gasteiger partial charge in [0, 0.05) is 29.2 Å². The quantitative estimate of drug-likeness (QED) is 0.889. The molecule has 1 unspecified atom stereocenters. The van der Waals surface area contributed by atoms with Crippen molar-refractivity contribution in [1.82, 2.24) is 4.90 Å². The van der Waals surface area contributed by atoms with Gasteiger partial charge in [-0.15, -0.1) is 0 Å². The van der Waals surface area contributed by atoms with Crippen LogP contribution >= 0.6 is 23.2 Å². The molecule has 0 saturated heterocycles. The van der Waals surface area contributed by atoms with Crippen molar-refractivity contribution < 1.29 is 4.39 Å². The molecule has 2 aromatic rings. The first kappa shape index (κ1) is 16.2. The number of nitrogens with zero attached hydrogens (tertiary/aromatic N) is 1. The number of hydrogen-bond acceptors (Lipinski definition) is 2. The van der Waals surface area contributed by atoms with Gasteiger partial charge >= 0.3 is 0 Å². The second kappa shape index (κ2) is 7.23. The molecule has 0 aliphatic carbocycles. The lowest BCUT2D eigenvalue weighted by Gasteiger charge is -2.28. The average Bonchev–Trinajstić information content (AvgIpc) is 2.42. The highest BCUT2D eigenvalue weighted by atomic mass is 35.5. The highest BCUT2D eigenvalue weighted by molar-refractivity contribution is 6.31. The molecule has 5 heteroatoms. The van der Waals surface area contributed by atoms with E-state index in [4.69, 9.17) is 28.9 Å². The van der Waals surface area contributed by atoms with Crippen molar-refractivity contribution in [2.45, 2.75) is 12.6 Å². The zero-order valence-electron chi connectivity index (χ0n) is 11.7. The maximum absolute atomic E-state index is 13.2. The van der Waals surface area contributed by atoms with Crippen LogP contribution in [-0.2, 0) is 6.54 Å². The third-order valence-corrected chi connectivity index (χ3v) is 3.96. The summed E-state index contributed by atoms with van der Waals surface area (Å²) < 4.78 is 13.2. The van der Waals surface area contributed by atoms with Gasteiger partial charge in [-0.25, -0.2) is 4.39 Å². The molecule has 0 aliphatic heterocycles. The number of benzene rings is 2. The van der Waals surface area contributed by atoms with Crippen LogP contribution in [0.4, 0.5) is 4.39 Å². The van der Waals surface area contributed by atoms with Crippen LogP contribution < -0.4 is 5.73 Å². The third-order valence-electron chi connectivity index (χ3n) is 3.40. The van der Waals surface area contributed by atoms with Crippen LogP contribution in [0.1, 0.15) is 17.2 Å². The molecule has 0 amide bonds. The molecule has 2 N–H and O–H groups in total. The van der Waals surface area contributed by atoms with E-state index in [1.54, 1.807) is 6.07 Å². The highest BCUT2D eigenvalue weighted by Crippen LogP contribution is 2.28. The Balaban J connectivity index is 2.20. The maximum atomic E-state index is 13.2. The fraction of sp³-hybridized carbons (Fsp3) is 0.250. The van der Waals surface area contributed by atoms with E-state index in [1.807, 2.05) is 31.3 Å². The van der Waals surface area contributed by atoms with Gasteiger partial charge in [0.2, 0.25) is 0 Å². The smallest absolute Gasteiger partial charge is 0.124 e. The number of rotatable bonds is 5. The lowest BCUT2D eigenvalue weighted by Crippen LogP contribution is -2.30. The molecule has 2 rings (SSSR count). The number of halogens is 3. The summed E-state index contributed by atoms with van der Waals surface area (Å²) in [5.41, 5.74) is 7.79. The third kappa shape index (κ3) is 4.17. The Kier molecular flexibility index (Phi) is 5.59. The molecule has 0 fully saturated rings. The largest absolute Gasteiger partial charge is 0.329 e. The summed E-state index contributed by atoms with van der Waals surface area (Å²) in [5, 5.41) is 1.09. The summed E-state index contributed by atoms with van der Waals surface area (Å²) in [4.78, 5) is 2.07. The summed E-state index contributed by atoms with van der Waals surface area (Å²) >= 11 is 12.1. The van der Waals surface area contributed by atoms with Crippen LogP contribution in [-0.4, -0.2) is 18.5 Å². The van der Waals surface area contributed by atoms with Gasteiger partial charge in [-0.2, -0.15) is 0 Å². The second-order valence-electron chi connectivity index (χ2n) is 4.96. The minimum Gasteiger partial charge on any atom is -0.329 e. The summed E-state index contributed by atoms with van der Waals surface area (Å²) in [6.45, 7) is 1.07. The van der Waals surface area contributed by atoms with E-state index in [-0.39, 0.29) is 11.9 Å². The lowest BCUT2D eigenvalue weighted by molar-refractivity contribution is 0.242. The second-order valence-corrected chi connectivity index (χ2v) is 5.81. The van der Waals surface area contributed by atoms with Gasteiger partial charge in [-0.1, -0.05) is 41.4 Å². The van der Waals surface area contributed by atoms with E-state index in [0.29, 0.717) is 23.1 Å². The first-order chi connectivity index (χ1) is 10.0. The molecule has 0 spiro atoms. The summed E-state index contributed by atoms with van der Waals surface area (Å²) in [5.74, 6) is -0.350. The molecule has 2 nitrogen and oxygen atoms in total. The Morgan fingerprint density at radius 2 is 1.95 bits per heavy atom. The summed E-state index contributed by atoms with van der Waals surface area (Å²) in [6.07, 6.45) is 0. The SMILES string of the molecule is CN(Cc1cccc(Cl)c1)C(CN)c1ccc(F)cc1Cl. The Bertz CT molecular complexity index is 619. The van der Waals surface area contributed by atoms with Crippen LogP contribution in [0.5, 0.6) is 0 Å². The van der Waals surface area contributed by atoms with E-state index >= 15 is 0 Å². The molecule has 0 aromatic heterocycles. The molecule has 112 valence electrons. The zero-order valence-corrected chi connectivity index (χ0v) is 13.2. The Labute approximate surface area is 134 Å². The zero-order chi connectivity index (χ0) is 15.4. The maximum Gasteiger partial charge on any atom is 0.124 e. The molecular weight excluding hydrogens is 310 g/mol. The van der Waals surface area contributed by atoms with Crippen LogP contribution in [0, 0.1) is 5.82 Å². The Morgan fingerprint density at radius 1 is 1.19 bits per heavy atom. The van der Waals surface area contributed by atoms with E-state index in [1.165, 1.54) is 12.1 Å². The first-order valence-electron chi connectivity index (χ1n) is 6.61. The topological polar surface area (TPSA) is 29.3 Å². The monoisotopic (exact) mass is 326 g/mol. The van der Waals surface area contributed by atoms with Crippen LogP contribution in [0.25, 0.3) is 0 Å². The first-order valence-corrected chi connectivity index (χ1v) is 7.36. The molecule has 0 heterocycles. The van der Waals surface area contributed by atoms with Gasteiger partial charge in [0.05, 0.1) is 0 Å². The molecular formula is C16H17Cl2FN2. The number of nitrogens with two attached hydrogens (primary N) is 1. The van der Waals surface area contributed by atoms with Crippen molar-refractivity contribution in [3.63, 3.8) is 0 Å². The van der Waals surface area contributed by atoms with E-state index in [9.17, 15) is 4.39 Å². The van der Waals surface area contributed by atoms with Gasteiger partial charge in [0.1, 0.15) is 5.82 Å². The standard InChI is InChI=1S/C16H17Cl2FN2/c1-21(10-11-3-2-4-12(17)7-11)16(9-20)14-6-5-13(19)8-15(14)18/h2-8,16H,9-10,20H2,1H3. The van der Waals surface area contributed by atoms with Crippen LogP contribution in [0.15, 0.2) is 42.5 Å². The molecule has 0 aliphatic rings. The Morgan fingerprint density at radius 3 is 2.57 bits per heavy atom. The average molecular weight is 327 g/mol. The molecule has 0 radical (unpaired) electrons. The molecule has 0 saturated carbocycles. The van der Waals surface area contributed by atoms with Gasteiger partial charge in [-0.05, 0) is 42.4 Å². The van der Waals surface area contributed by atoms with Crippen molar-refractivity contribution in [1.29, 1.82) is 0 Å².